The number of hydrogen-bond donors (Lipinski definition) is 2. The minimum absolute atomic E-state index is 0.0185. The molecule has 1 aliphatic rings. The van der Waals surface area contributed by atoms with Crippen molar-refractivity contribution >= 4 is 5.97 Å². The maximum Gasteiger partial charge on any atom is 0.306 e. The second kappa shape index (κ2) is 5.23. The van der Waals surface area contributed by atoms with Gasteiger partial charge in [0, 0.05) is 7.11 Å². The Morgan fingerprint density at radius 1 is 1.30 bits per heavy atom. The summed E-state index contributed by atoms with van der Waals surface area (Å²) in [6.07, 6.45) is 4.01. The summed E-state index contributed by atoms with van der Waals surface area (Å²) in [7, 11) is 1.00. The van der Waals surface area contributed by atoms with Crippen LogP contribution in [0.5, 0.6) is 0 Å². The Morgan fingerprint density at radius 3 is 1.90 bits per heavy atom. The van der Waals surface area contributed by atoms with Crippen LogP contribution in [0.2, 0.25) is 0 Å². The minimum atomic E-state index is -0.609. The molecule has 0 aliphatic heterocycles. The highest BCUT2D eigenvalue weighted by Crippen LogP contribution is 2.24. The summed E-state index contributed by atoms with van der Waals surface area (Å²) in [4.78, 5) is 10.2. The van der Waals surface area contributed by atoms with E-state index >= 15 is 0 Å². The van der Waals surface area contributed by atoms with Crippen molar-refractivity contribution in [1.82, 2.24) is 0 Å². The molecule has 1 fully saturated rings. The summed E-state index contributed by atoms with van der Waals surface area (Å²) in [5.74, 6) is -0.627. The van der Waals surface area contributed by atoms with Crippen molar-refractivity contribution in [3.63, 3.8) is 0 Å². The Kier molecular flexibility index (Phi) is 4.94. The molecule has 0 aromatic carbocycles. The second-order valence-electron chi connectivity index (χ2n) is 2.32. The van der Waals surface area contributed by atoms with Gasteiger partial charge in [0.15, 0.2) is 0 Å². The smallest absolute Gasteiger partial charge is 0.306 e. The first-order valence-corrected chi connectivity index (χ1v) is 3.48. The van der Waals surface area contributed by atoms with Crippen molar-refractivity contribution in [2.24, 2.45) is 5.92 Å². The first-order chi connectivity index (χ1) is 4.80. The van der Waals surface area contributed by atoms with Crippen LogP contribution < -0.4 is 0 Å². The van der Waals surface area contributed by atoms with E-state index in [1.807, 2.05) is 0 Å². The topological polar surface area (TPSA) is 57.5 Å². The summed E-state index contributed by atoms with van der Waals surface area (Å²) in [5.41, 5.74) is 0. The van der Waals surface area contributed by atoms with Gasteiger partial charge in [-0.2, -0.15) is 0 Å². The lowest BCUT2D eigenvalue weighted by Gasteiger charge is -1.97. The van der Waals surface area contributed by atoms with Crippen LogP contribution in [-0.2, 0) is 4.79 Å². The van der Waals surface area contributed by atoms with Crippen molar-refractivity contribution in [1.29, 1.82) is 0 Å². The summed E-state index contributed by atoms with van der Waals surface area (Å²) >= 11 is 0. The molecule has 1 rings (SSSR count). The fraction of sp³-hybridized carbons (Fsp3) is 0.857. The van der Waals surface area contributed by atoms with E-state index in [0.717, 1.165) is 32.8 Å². The third kappa shape index (κ3) is 2.82. The monoisotopic (exact) mass is 146 g/mol. The van der Waals surface area contributed by atoms with Gasteiger partial charge in [-0.05, 0) is 12.8 Å². The molecule has 0 unspecified atom stereocenters. The van der Waals surface area contributed by atoms with E-state index in [0.29, 0.717) is 0 Å². The molecule has 0 saturated heterocycles. The van der Waals surface area contributed by atoms with E-state index < -0.39 is 5.97 Å². The van der Waals surface area contributed by atoms with Gasteiger partial charge in [0.05, 0.1) is 5.92 Å². The van der Waals surface area contributed by atoms with Crippen LogP contribution in [0.3, 0.4) is 0 Å². The number of hydrogen-bond acceptors (Lipinski definition) is 2. The number of rotatable bonds is 1. The van der Waals surface area contributed by atoms with Gasteiger partial charge in [-0.3, -0.25) is 4.79 Å². The van der Waals surface area contributed by atoms with Gasteiger partial charge in [-0.25, -0.2) is 0 Å². The largest absolute Gasteiger partial charge is 0.481 e. The molecule has 2 N–H and O–H groups in total. The zero-order valence-corrected chi connectivity index (χ0v) is 6.21. The number of carboxylic acid groups (broad SMARTS) is 1. The third-order valence-electron chi connectivity index (χ3n) is 1.70. The van der Waals surface area contributed by atoms with E-state index in [1.165, 1.54) is 0 Å². The quantitative estimate of drug-likeness (QED) is 0.577. The van der Waals surface area contributed by atoms with E-state index in [4.69, 9.17) is 10.2 Å². The van der Waals surface area contributed by atoms with Crippen molar-refractivity contribution in [2.75, 3.05) is 7.11 Å². The van der Waals surface area contributed by atoms with Crippen LogP contribution in [0, 0.1) is 5.92 Å². The minimum Gasteiger partial charge on any atom is -0.481 e. The van der Waals surface area contributed by atoms with Crippen LogP contribution in [0.15, 0.2) is 0 Å². The SMILES string of the molecule is CO.O=C(O)C1CCCC1. The van der Waals surface area contributed by atoms with E-state index in [9.17, 15) is 4.79 Å². The molecular weight excluding hydrogens is 132 g/mol. The van der Waals surface area contributed by atoms with Gasteiger partial charge < -0.3 is 10.2 Å². The Bertz CT molecular complexity index is 95.0. The average Bonchev–Trinajstić information content (AvgIpc) is 2.42. The molecule has 0 atom stereocenters. The molecule has 0 heterocycles. The van der Waals surface area contributed by atoms with Gasteiger partial charge in [0.1, 0.15) is 0 Å². The van der Waals surface area contributed by atoms with E-state index in [-0.39, 0.29) is 5.92 Å². The van der Waals surface area contributed by atoms with E-state index in [1.54, 1.807) is 0 Å². The number of aliphatic carboxylic acids is 1. The molecule has 0 amide bonds. The average molecular weight is 146 g/mol. The number of aliphatic hydroxyl groups is 1. The van der Waals surface area contributed by atoms with Crippen LogP contribution >= 0.6 is 0 Å². The summed E-state index contributed by atoms with van der Waals surface area (Å²) < 4.78 is 0. The molecule has 10 heavy (non-hydrogen) atoms. The molecule has 1 saturated carbocycles. The van der Waals surface area contributed by atoms with Gasteiger partial charge in [-0.1, -0.05) is 12.8 Å². The van der Waals surface area contributed by atoms with Gasteiger partial charge >= 0.3 is 5.97 Å². The van der Waals surface area contributed by atoms with Crippen molar-refractivity contribution in [3.05, 3.63) is 0 Å². The van der Waals surface area contributed by atoms with Gasteiger partial charge in [-0.15, -0.1) is 0 Å². The molecule has 3 heteroatoms. The molecule has 0 radical (unpaired) electrons. The Labute approximate surface area is 60.7 Å². The number of carbonyl (C=O) groups is 1. The lowest BCUT2D eigenvalue weighted by atomic mass is 10.1. The normalized spacial score (nSPS) is 17.8. The van der Waals surface area contributed by atoms with Crippen molar-refractivity contribution in [3.8, 4) is 0 Å². The predicted octanol–water partition coefficient (Wildman–Crippen LogP) is 0.870. The standard InChI is InChI=1S/C6H10O2.CH4O/c7-6(8)5-3-1-2-4-5;1-2/h5H,1-4H2,(H,7,8);2H,1H3. The lowest BCUT2D eigenvalue weighted by molar-refractivity contribution is -0.141. The lowest BCUT2D eigenvalue weighted by Crippen LogP contribution is -2.07. The molecule has 1 aliphatic carbocycles. The van der Waals surface area contributed by atoms with Gasteiger partial charge in [0.2, 0.25) is 0 Å². The Morgan fingerprint density at radius 2 is 1.70 bits per heavy atom. The fourth-order valence-electron chi connectivity index (χ4n) is 1.17. The predicted molar refractivity (Wildman–Crippen MR) is 37.7 cm³/mol. The van der Waals surface area contributed by atoms with Crippen LogP contribution in [0.1, 0.15) is 25.7 Å². The number of carboxylic acids is 1. The zero-order valence-electron chi connectivity index (χ0n) is 6.21. The first kappa shape index (κ1) is 9.43. The van der Waals surface area contributed by atoms with E-state index in [2.05, 4.69) is 0 Å². The Hall–Kier alpha value is -0.570. The summed E-state index contributed by atoms with van der Waals surface area (Å²) in [6.45, 7) is 0. The molecular formula is C7H14O3. The maximum atomic E-state index is 10.2. The third-order valence-corrected chi connectivity index (χ3v) is 1.70. The zero-order chi connectivity index (χ0) is 7.98. The molecule has 0 bridgehead atoms. The molecule has 3 nitrogen and oxygen atoms in total. The maximum absolute atomic E-state index is 10.2. The van der Waals surface area contributed by atoms with Crippen LogP contribution in [0.25, 0.3) is 0 Å². The summed E-state index contributed by atoms with van der Waals surface area (Å²) in [5, 5.41) is 15.4. The van der Waals surface area contributed by atoms with Crippen LogP contribution in [-0.4, -0.2) is 23.3 Å². The van der Waals surface area contributed by atoms with Crippen molar-refractivity contribution < 1.29 is 15.0 Å². The molecule has 60 valence electrons. The Balaban J connectivity index is 0.000000371. The first-order valence-electron chi connectivity index (χ1n) is 3.48. The van der Waals surface area contributed by atoms with Crippen molar-refractivity contribution in [2.45, 2.75) is 25.7 Å². The second-order valence-corrected chi connectivity index (χ2v) is 2.32. The fourth-order valence-corrected chi connectivity index (χ4v) is 1.17. The molecule has 0 spiro atoms. The van der Waals surface area contributed by atoms with Crippen LogP contribution in [0.4, 0.5) is 0 Å². The summed E-state index contributed by atoms with van der Waals surface area (Å²) in [6, 6.07) is 0. The highest BCUT2D eigenvalue weighted by Gasteiger charge is 2.20. The van der Waals surface area contributed by atoms with Gasteiger partial charge in [0.25, 0.3) is 0 Å². The highest BCUT2D eigenvalue weighted by atomic mass is 16.4. The molecule has 0 aromatic heterocycles. The molecule has 0 aromatic rings. The highest BCUT2D eigenvalue weighted by molar-refractivity contribution is 5.70. The number of aliphatic hydroxyl groups excluding tert-OH is 1.